The zero-order valence-corrected chi connectivity index (χ0v) is 7.85. The maximum Gasteiger partial charge on any atom is 0.250 e. The van der Waals surface area contributed by atoms with Crippen LogP contribution >= 0.6 is 0 Å². The molecule has 1 saturated heterocycles. The van der Waals surface area contributed by atoms with Crippen LogP contribution in [0.5, 0.6) is 0 Å². The van der Waals surface area contributed by atoms with Crippen molar-refractivity contribution in [2.75, 3.05) is 26.3 Å². The van der Waals surface area contributed by atoms with Crippen LogP contribution in [0.4, 0.5) is 0 Å². The minimum absolute atomic E-state index is 0.245. The Morgan fingerprint density at radius 1 is 1.50 bits per heavy atom. The zero-order chi connectivity index (χ0) is 10.2. The molecule has 0 aromatic carbocycles. The molecule has 3 N–H and O–H groups in total. The predicted molar refractivity (Wildman–Crippen MR) is 52.4 cm³/mol. The Morgan fingerprint density at radius 2 is 2.21 bits per heavy atom. The number of carbonyl (C=O) groups excluding carboxylic acids is 1. The van der Waals surface area contributed by atoms with Gasteiger partial charge in [0.2, 0.25) is 0 Å². The number of hydrogen-bond donors (Lipinski definition) is 2. The summed E-state index contributed by atoms with van der Waals surface area (Å²) in [6, 6.07) is 0. The Morgan fingerprint density at radius 3 is 2.86 bits per heavy atom. The van der Waals surface area contributed by atoms with Crippen molar-refractivity contribution in [1.29, 1.82) is 0 Å². The molecule has 1 heterocycles. The number of amides is 1. The summed E-state index contributed by atoms with van der Waals surface area (Å²) in [4.78, 5) is 13.1. The summed E-state index contributed by atoms with van der Waals surface area (Å²) >= 11 is 0. The fourth-order valence-corrected chi connectivity index (χ4v) is 1.05. The van der Waals surface area contributed by atoms with Crippen LogP contribution in [-0.4, -0.2) is 43.4 Å². The third-order valence-corrected chi connectivity index (χ3v) is 1.76. The van der Waals surface area contributed by atoms with Crippen LogP contribution in [0.2, 0.25) is 0 Å². The first-order valence-electron chi connectivity index (χ1n) is 4.35. The molecule has 0 atom stereocenters. The quantitative estimate of drug-likeness (QED) is 0.197. The number of nitrogens with one attached hydrogen (secondary N) is 1. The standard InChI is InChI=1S/C8H14N4O2/c9-11-7-10-8(13)1-2-12-3-5-14-6-4-12/h1-2,7H,3-6,9H2,(H,10,11,13). The summed E-state index contributed by atoms with van der Waals surface area (Å²) in [6.45, 7) is 3.04. The second-order valence-corrected chi connectivity index (χ2v) is 2.75. The average molecular weight is 198 g/mol. The van der Waals surface area contributed by atoms with E-state index in [1.54, 1.807) is 6.20 Å². The summed E-state index contributed by atoms with van der Waals surface area (Å²) in [6.07, 6.45) is 4.32. The Balaban J connectivity index is 2.26. The molecule has 0 saturated carbocycles. The molecule has 0 spiro atoms. The molecule has 14 heavy (non-hydrogen) atoms. The first-order chi connectivity index (χ1) is 6.83. The van der Waals surface area contributed by atoms with Crippen molar-refractivity contribution >= 4 is 12.2 Å². The lowest BCUT2D eigenvalue weighted by Gasteiger charge is -2.24. The fraction of sp³-hybridized carbons (Fsp3) is 0.500. The fourth-order valence-electron chi connectivity index (χ4n) is 1.05. The molecule has 0 bridgehead atoms. The number of rotatable bonds is 3. The van der Waals surface area contributed by atoms with E-state index in [9.17, 15) is 4.79 Å². The summed E-state index contributed by atoms with van der Waals surface area (Å²) in [5.41, 5.74) is 0. The second-order valence-electron chi connectivity index (χ2n) is 2.75. The third kappa shape index (κ3) is 3.90. The van der Waals surface area contributed by atoms with Crippen molar-refractivity contribution in [1.82, 2.24) is 10.2 Å². The van der Waals surface area contributed by atoms with E-state index in [1.807, 2.05) is 4.90 Å². The van der Waals surface area contributed by atoms with Crippen LogP contribution in [0.15, 0.2) is 17.4 Å². The number of hydrogen-bond acceptors (Lipinski definition) is 5. The highest BCUT2D eigenvalue weighted by atomic mass is 16.5. The van der Waals surface area contributed by atoms with E-state index in [0.29, 0.717) is 13.2 Å². The molecule has 0 unspecified atom stereocenters. The van der Waals surface area contributed by atoms with Crippen molar-refractivity contribution < 1.29 is 9.53 Å². The van der Waals surface area contributed by atoms with Crippen molar-refractivity contribution in [2.24, 2.45) is 10.9 Å². The molecule has 6 nitrogen and oxygen atoms in total. The minimum atomic E-state index is -0.245. The van der Waals surface area contributed by atoms with E-state index < -0.39 is 0 Å². The number of ether oxygens (including phenoxy) is 1. The Hall–Kier alpha value is -1.56. The highest BCUT2D eigenvalue weighted by Crippen LogP contribution is 1.96. The van der Waals surface area contributed by atoms with Crippen molar-refractivity contribution in [2.45, 2.75) is 0 Å². The van der Waals surface area contributed by atoms with Crippen LogP contribution in [-0.2, 0) is 9.53 Å². The van der Waals surface area contributed by atoms with E-state index in [1.165, 1.54) is 6.08 Å². The van der Waals surface area contributed by atoms with Gasteiger partial charge < -0.3 is 20.8 Å². The molecule has 1 fully saturated rings. The number of nitrogens with zero attached hydrogens (tertiary/aromatic N) is 2. The molecule has 0 radical (unpaired) electrons. The lowest BCUT2D eigenvalue weighted by atomic mass is 10.4. The number of hydrazone groups is 1. The molecular weight excluding hydrogens is 184 g/mol. The van der Waals surface area contributed by atoms with Gasteiger partial charge in [-0.25, -0.2) is 0 Å². The van der Waals surface area contributed by atoms with Crippen LogP contribution in [0, 0.1) is 0 Å². The lowest BCUT2D eigenvalue weighted by Crippen LogP contribution is -2.32. The molecule has 0 aliphatic carbocycles. The van der Waals surface area contributed by atoms with Gasteiger partial charge >= 0.3 is 0 Å². The van der Waals surface area contributed by atoms with E-state index in [-0.39, 0.29) is 5.91 Å². The van der Waals surface area contributed by atoms with Gasteiger partial charge in [-0.2, -0.15) is 5.10 Å². The van der Waals surface area contributed by atoms with Gasteiger partial charge in [0.05, 0.1) is 13.2 Å². The smallest absolute Gasteiger partial charge is 0.250 e. The van der Waals surface area contributed by atoms with Crippen molar-refractivity contribution in [3.8, 4) is 0 Å². The van der Waals surface area contributed by atoms with Gasteiger partial charge in [0.15, 0.2) is 0 Å². The highest BCUT2D eigenvalue weighted by Gasteiger charge is 2.05. The van der Waals surface area contributed by atoms with E-state index >= 15 is 0 Å². The lowest BCUT2D eigenvalue weighted by molar-refractivity contribution is -0.115. The number of nitrogens with two attached hydrogens (primary N) is 1. The normalized spacial score (nSPS) is 17.9. The van der Waals surface area contributed by atoms with Gasteiger partial charge in [-0.3, -0.25) is 4.79 Å². The summed E-state index contributed by atoms with van der Waals surface area (Å²) in [7, 11) is 0. The molecule has 0 aromatic rings. The van der Waals surface area contributed by atoms with Crippen LogP contribution < -0.4 is 11.2 Å². The molecule has 6 heteroatoms. The molecular formula is C8H14N4O2. The third-order valence-electron chi connectivity index (χ3n) is 1.76. The number of morpholine rings is 1. The van der Waals surface area contributed by atoms with Gasteiger partial charge in [0, 0.05) is 25.4 Å². The van der Waals surface area contributed by atoms with Gasteiger partial charge in [0.1, 0.15) is 6.34 Å². The molecule has 1 rings (SSSR count). The predicted octanol–water partition coefficient (Wildman–Crippen LogP) is -1.15. The van der Waals surface area contributed by atoms with Gasteiger partial charge in [0.25, 0.3) is 5.91 Å². The monoisotopic (exact) mass is 198 g/mol. The first-order valence-corrected chi connectivity index (χ1v) is 4.35. The first kappa shape index (κ1) is 10.5. The number of carbonyl (C=O) groups is 1. The van der Waals surface area contributed by atoms with Crippen LogP contribution in [0.1, 0.15) is 0 Å². The van der Waals surface area contributed by atoms with Crippen molar-refractivity contribution in [3.05, 3.63) is 12.3 Å². The summed E-state index contributed by atoms with van der Waals surface area (Å²) < 4.78 is 5.16. The zero-order valence-electron chi connectivity index (χ0n) is 7.85. The Kier molecular flexibility index (Phi) is 4.49. The average Bonchev–Trinajstić information content (AvgIpc) is 2.25. The van der Waals surface area contributed by atoms with E-state index in [4.69, 9.17) is 10.6 Å². The maximum atomic E-state index is 11.0. The molecule has 1 amide bonds. The van der Waals surface area contributed by atoms with Crippen molar-refractivity contribution in [3.63, 3.8) is 0 Å². The maximum absolute atomic E-state index is 11.0. The molecule has 1 aliphatic heterocycles. The van der Waals surface area contributed by atoms with Crippen LogP contribution in [0.25, 0.3) is 0 Å². The Bertz CT molecular complexity index is 233. The Labute approximate surface area is 82.4 Å². The van der Waals surface area contributed by atoms with E-state index in [2.05, 4.69) is 10.4 Å². The second kappa shape index (κ2) is 5.98. The topological polar surface area (TPSA) is 79.9 Å². The van der Waals surface area contributed by atoms with Gasteiger partial charge in [-0.05, 0) is 0 Å². The summed E-state index contributed by atoms with van der Waals surface area (Å²) in [5, 5.41) is 5.52. The molecule has 0 aromatic heterocycles. The minimum Gasteiger partial charge on any atom is -0.378 e. The highest BCUT2D eigenvalue weighted by molar-refractivity contribution is 5.95. The molecule has 1 aliphatic rings. The van der Waals surface area contributed by atoms with E-state index in [0.717, 1.165) is 19.4 Å². The SMILES string of the molecule is NN=CNC(=O)C=CN1CCOCC1. The van der Waals surface area contributed by atoms with Crippen LogP contribution in [0.3, 0.4) is 0 Å². The largest absolute Gasteiger partial charge is 0.378 e. The van der Waals surface area contributed by atoms with Gasteiger partial charge in [-0.1, -0.05) is 0 Å². The summed E-state index contributed by atoms with van der Waals surface area (Å²) in [5.74, 6) is 4.57. The molecule has 78 valence electrons. The van der Waals surface area contributed by atoms with Gasteiger partial charge in [-0.15, -0.1) is 0 Å².